The maximum absolute atomic E-state index is 14.2. The van der Waals surface area contributed by atoms with E-state index >= 15 is 0 Å². The molecule has 4 heterocycles. The van der Waals surface area contributed by atoms with Crippen molar-refractivity contribution in [3.63, 3.8) is 0 Å². The number of carbonyl (C=O) groups is 4. The second-order valence-corrected chi connectivity index (χ2v) is 23.7. The van der Waals surface area contributed by atoms with Crippen LogP contribution in [0.15, 0.2) is 60.8 Å². The van der Waals surface area contributed by atoms with Crippen LogP contribution in [0.3, 0.4) is 0 Å². The van der Waals surface area contributed by atoms with Crippen molar-refractivity contribution in [1.29, 1.82) is 0 Å². The minimum Gasteiger partial charge on any atom is -0.453 e. The zero-order valence-electron chi connectivity index (χ0n) is 36.2. The number of nitrogens with zero attached hydrogens (tertiary/aromatic N) is 4. The lowest BCUT2D eigenvalue weighted by Crippen LogP contribution is -2.52. The number of nitrogens with one attached hydrogen (secondary N) is 4. The first-order valence-electron chi connectivity index (χ1n) is 22.4. The molecule has 4 fully saturated rings. The van der Waals surface area contributed by atoms with Gasteiger partial charge in [-0.05, 0) is 84.6 Å². The highest BCUT2D eigenvalue weighted by Gasteiger charge is 2.43. The van der Waals surface area contributed by atoms with Gasteiger partial charge in [-0.1, -0.05) is 74.3 Å². The van der Waals surface area contributed by atoms with Crippen LogP contribution in [-0.2, 0) is 19.1 Å². The number of benzene rings is 3. The van der Waals surface area contributed by atoms with Gasteiger partial charge in [-0.3, -0.25) is 9.59 Å². The van der Waals surface area contributed by atoms with Crippen molar-refractivity contribution < 1.29 is 28.7 Å². The molecule has 5 aromatic rings. The molecule has 2 aliphatic carbocycles. The summed E-state index contributed by atoms with van der Waals surface area (Å²) in [4.78, 5) is 73.9. The summed E-state index contributed by atoms with van der Waals surface area (Å²) in [5.41, 5.74) is 5.83. The van der Waals surface area contributed by atoms with Crippen molar-refractivity contribution in [2.24, 2.45) is 11.8 Å². The van der Waals surface area contributed by atoms with E-state index in [9.17, 15) is 19.2 Å². The molecule has 14 nitrogen and oxygen atoms in total. The number of fused-ring (bicyclic) bond motifs is 3. The molecule has 4 N–H and O–H groups in total. The molecule has 3 aromatic carbocycles. The van der Waals surface area contributed by atoms with Gasteiger partial charge in [0, 0.05) is 11.9 Å². The lowest BCUT2D eigenvalue weighted by Gasteiger charge is -2.33. The Bertz CT molecular complexity index is 2470. The van der Waals surface area contributed by atoms with Gasteiger partial charge >= 0.3 is 12.2 Å². The van der Waals surface area contributed by atoms with E-state index < -0.39 is 32.3 Å². The third kappa shape index (κ3) is 8.18. The van der Waals surface area contributed by atoms with E-state index in [0.717, 1.165) is 126 Å². The first-order chi connectivity index (χ1) is 30.0. The molecule has 2 aromatic heterocycles. The second kappa shape index (κ2) is 17.2. The highest BCUT2D eigenvalue weighted by atomic mass is 28.3. The summed E-state index contributed by atoms with van der Waals surface area (Å²) in [7, 11) is 0.916. The third-order valence-electron chi connectivity index (χ3n) is 14.0. The maximum Gasteiger partial charge on any atom is 0.407 e. The Labute approximate surface area is 362 Å². The van der Waals surface area contributed by atoms with Crippen LogP contribution in [0.4, 0.5) is 9.59 Å². The highest BCUT2D eigenvalue weighted by Crippen LogP contribution is 2.41. The topological polar surface area (TPSA) is 175 Å². The Balaban J connectivity index is 0.916. The number of rotatable bonds is 10. The van der Waals surface area contributed by atoms with Gasteiger partial charge in [-0.2, -0.15) is 13.1 Å². The summed E-state index contributed by atoms with van der Waals surface area (Å²) >= 11 is 0. The third-order valence-corrected chi connectivity index (χ3v) is 16.7. The Morgan fingerprint density at radius 3 is 1.97 bits per heavy atom. The van der Waals surface area contributed by atoms with Gasteiger partial charge in [-0.15, -0.1) is 14.1 Å². The molecule has 4 amide bonds. The quantitative estimate of drug-likeness (QED) is 0.101. The van der Waals surface area contributed by atoms with Gasteiger partial charge in [0.2, 0.25) is 11.8 Å². The molecule has 2 aliphatic heterocycles. The number of aromatic nitrogens is 4. The molecule has 327 valence electrons. The molecule has 0 spiro atoms. The standard InChI is InChI=1S/C47H58N8O6Si/c1-60-46(58)52-39(30-10-5-6-11-30)44(56)54-23-9-14-37(54)43-49-35-22-20-33-24-32(19-21-34(33)41(35)51-43)28-15-17-29(18-16-28)36-25-48-42(50-36)38-26-62(3,4)27-55(38)45(57)40(53-47(59)61-2)31-12-7-8-13-31/h15-22,24-25,30-31,37-40H,5-14,23,26-27H2,1-4H3,(H,48,50)(H,49,51)(H,52,58)(H,53,59)/q-1/t37-,38-,39-,40-/m0/s1. The predicted octanol–water partition coefficient (Wildman–Crippen LogP) is 8.40. The Hall–Kier alpha value is -5.70. The van der Waals surface area contributed by atoms with E-state index in [4.69, 9.17) is 19.4 Å². The molecular weight excluding hydrogens is 801 g/mol. The molecule has 2 saturated carbocycles. The number of alkyl carbamates (subject to hydrolysis) is 2. The SMILES string of the molecule is COC(=O)N[C@H](C(=O)N1C[Si-](C)(C)C[C@H]1c1ncc(-c2ccc(-c3ccc4c(ccc5[nH]c([C@@H]6CCCN6C(=O)[C@@H](NC(=O)OC)C6CCCC6)nc54)c3)cc2)[nH]1)C1CCCC1. The zero-order valence-corrected chi connectivity index (χ0v) is 37.2. The molecule has 0 radical (unpaired) electrons. The van der Waals surface area contributed by atoms with E-state index in [1.807, 2.05) is 16.0 Å². The van der Waals surface area contributed by atoms with Crippen molar-refractivity contribution in [3.8, 4) is 22.4 Å². The van der Waals surface area contributed by atoms with Crippen LogP contribution in [0, 0.1) is 11.8 Å². The van der Waals surface area contributed by atoms with Gasteiger partial charge in [0.25, 0.3) is 0 Å². The van der Waals surface area contributed by atoms with Gasteiger partial charge in [0.05, 0.1) is 49.2 Å². The van der Waals surface area contributed by atoms with Gasteiger partial charge in [-0.25, -0.2) is 19.6 Å². The summed E-state index contributed by atoms with van der Waals surface area (Å²) in [6.07, 6.45) is 11.0. The molecule has 4 atom stereocenters. The number of carbonyl (C=O) groups excluding carboxylic acids is 4. The van der Waals surface area contributed by atoms with Crippen LogP contribution in [0.2, 0.25) is 19.1 Å². The lowest BCUT2D eigenvalue weighted by molar-refractivity contribution is -0.136. The number of aromatic amines is 2. The molecule has 4 aliphatic rings. The molecule has 0 bridgehead atoms. The summed E-state index contributed by atoms with van der Waals surface area (Å²) < 4.78 is 9.83. The molecule has 62 heavy (non-hydrogen) atoms. The van der Waals surface area contributed by atoms with Crippen LogP contribution in [-0.4, -0.2) is 101 Å². The number of hydrogen-bond donors (Lipinski definition) is 4. The number of amides is 4. The minimum absolute atomic E-state index is 0.0391. The fourth-order valence-corrected chi connectivity index (χ4v) is 13.7. The number of likely N-dealkylation sites (tertiary alicyclic amines) is 1. The minimum atomic E-state index is -1.76. The number of methoxy groups -OCH3 is 2. The van der Waals surface area contributed by atoms with Crippen LogP contribution in [0.25, 0.3) is 44.2 Å². The average Bonchev–Trinajstić information content (AvgIpc) is 4.14. The van der Waals surface area contributed by atoms with Crippen LogP contribution < -0.4 is 10.6 Å². The van der Waals surface area contributed by atoms with Crippen molar-refractivity contribution >= 4 is 53.9 Å². The van der Waals surface area contributed by atoms with Crippen LogP contribution in [0.1, 0.15) is 87.9 Å². The zero-order chi connectivity index (χ0) is 43.1. The molecule has 2 saturated heterocycles. The van der Waals surface area contributed by atoms with Gasteiger partial charge in [0.15, 0.2) is 0 Å². The second-order valence-electron chi connectivity index (χ2n) is 18.6. The molecule has 15 heteroatoms. The largest absolute Gasteiger partial charge is 0.453 e. The summed E-state index contributed by atoms with van der Waals surface area (Å²) in [5, 5.41) is 7.85. The van der Waals surface area contributed by atoms with Crippen LogP contribution >= 0.6 is 0 Å². The fraction of sp³-hybridized carbons (Fsp3) is 0.489. The first kappa shape index (κ1) is 41.6. The maximum atomic E-state index is 14.2. The number of hydrogen-bond acceptors (Lipinski definition) is 8. The fourth-order valence-electron chi connectivity index (χ4n) is 10.8. The first-order valence-corrected chi connectivity index (χ1v) is 25.8. The Morgan fingerprint density at radius 2 is 1.32 bits per heavy atom. The number of ether oxygens (including phenoxy) is 2. The predicted molar refractivity (Wildman–Crippen MR) is 240 cm³/mol. The lowest BCUT2D eigenvalue weighted by atomic mass is 9.96. The van der Waals surface area contributed by atoms with E-state index in [0.29, 0.717) is 12.7 Å². The summed E-state index contributed by atoms with van der Waals surface area (Å²) in [5.74, 6) is 1.65. The van der Waals surface area contributed by atoms with E-state index in [1.165, 1.54) is 14.2 Å². The molecular formula is C47H58N8O6Si-. The number of H-pyrrole nitrogens is 2. The van der Waals surface area contributed by atoms with E-state index in [1.54, 1.807) is 0 Å². The normalized spacial score (nSPS) is 21.4. The van der Waals surface area contributed by atoms with E-state index in [-0.39, 0.29) is 35.7 Å². The smallest absolute Gasteiger partial charge is 0.407 e. The van der Waals surface area contributed by atoms with Crippen LogP contribution in [0.5, 0.6) is 0 Å². The van der Waals surface area contributed by atoms with Gasteiger partial charge < -0.3 is 39.9 Å². The Morgan fingerprint density at radius 1 is 0.710 bits per heavy atom. The van der Waals surface area contributed by atoms with Crippen molar-refractivity contribution in [2.45, 2.75) is 108 Å². The monoisotopic (exact) mass is 858 g/mol. The van der Waals surface area contributed by atoms with E-state index in [2.05, 4.69) is 88.3 Å². The van der Waals surface area contributed by atoms with Gasteiger partial charge in [0.1, 0.15) is 23.7 Å². The molecule has 9 rings (SSSR count). The summed E-state index contributed by atoms with van der Waals surface area (Å²) in [6, 6.07) is 18.3. The average molecular weight is 859 g/mol. The summed E-state index contributed by atoms with van der Waals surface area (Å²) in [6.45, 7) is 5.24. The van der Waals surface area contributed by atoms with Crippen molar-refractivity contribution in [2.75, 3.05) is 26.9 Å². The highest BCUT2D eigenvalue weighted by molar-refractivity contribution is 6.78. The number of imidazole rings is 2. The van der Waals surface area contributed by atoms with Crippen molar-refractivity contribution in [1.82, 2.24) is 40.4 Å². The molecule has 0 unspecified atom stereocenters. The Kier molecular flexibility index (Phi) is 11.6. The van der Waals surface area contributed by atoms with Crippen molar-refractivity contribution in [3.05, 3.63) is 72.4 Å².